The quantitative estimate of drug-likeness (QED) is 0.705. The number of carbonyl (C=O) groups is 2. The summed E-state index contributed by atoms with van der Waals surface area (Å²) in [6.45, 7) is 5.75. The Morgan fingerprint density at radius 2 is 2.04 bits per heavy atom. The number of carbonyl (C=O) groups excluding carboxylic acids is 2. The van der Waals surface area contributed by atoms with Crippen LogP contribution < -0.4 is 10.6 Å². The monoisotopic (exact) mass is 352 g/mol. The Balaban J connectivity index is 1.79. The van der Waals surface area contributed by atoms with Crippen LogP contribution in [0.2, 0.25) is 5.02 Å². The van der Waals surface area contributed by atoms with Gasteiger partial charge in [-0.2, -0.15) is 0 Å². The molecular formula is C18H25ClN2O3. The minimum atomic E-state index is -0.342. The Bertz CT molecular complexity index is 600. The molecule has 0 unspecified atom stereocenters. The molecular weight excluding hydrogens is 328 g/mol. The normalized spacial score (nSPS) is 15.5. The summed E-state index contributed by atoms with van der Waals surface area (Å²) in [4.78, 5) is 24.0. The van der Waals surface area contributed by atoms with Gasteiger partial charge in [-0.15, -0.1) is 0 Å². The van der Waals surface area contributed by atoms with Gasteiger partial charge in [0, 0.05) is 29.3 Å². The van der Waals surface area contributed by atoms with E-state index in [9.17, 15) is 9.59 Å². The molecule has 0 saturated heterocycles. The van der Waals surface area contributed by atoms with Gasteiger partial charge >= 0.3 is 0 Å². The van der Waals surface area contributed by atoms with Gasteiger partial charge in [0.25, 0.3) is 0 Å². The van der Waals surface area contributed by atoms with E-state index in [0.29, 0.717) is 30.5 Å². The zero-order valence-electron chi connectivity index (χ0n) is 14.3. The van der Waals surface area contributed by atoms with Crippen molar-refractivity contribution in [1.29, 1.82) is 0 Å². The van der Waals surface area contributed by atoms with E-state index in [-0.39, 0.29) is 23.7 Å². The molecule has 1 aliphatic carbocycles. The number of nitrogens with one attached hydrogen (secondary N) is 2. The summed E-state index contributed by atoms with van der Waals surface area (Å²) in [6, 6.07) is 5.26. The zero-order valence-corrected chi connectivity index (χ0v) is 15.0. The number of rotatable bonds is 8. The summed E-state index contributed by atoms with van der Waals surface area (Å²) in [7, 11) is 0. The van der Waals surface area contributed by atoms with Crippen molar-refractivity contribution >= 4 is 29.1 Å². The van der Waals surface area contributed by atoms with Gasteiger partial charge in [-0.3, -0.25) is 9.59 Å². The first-order valence-corrected chi connectivity index (χ1v) is 8.72. The second-order valence-corrected chi connectivity index (χ2v) is 6.89. The van der Waals surface area contributed by atoms with Crippen molar-refractivity contribution in [2.45, 2.75) is 39.5 Å². The highest BCUT2D eigenvalue weighted by Gasteiger charge is 2.37. The van der Waals surface area contributed by atoms with Gasteiger partial charge in [0.2, 0.25) is 11.8 Å². The lowest BCUT2D eigenvalue weighted by Crippen LogP contribution is -2.45. The van der Waals surface area contributed by atoms with Crippen LogP contribution >= 0.6 is 11.6 Å². The number of benzene rings is 1. The lowest BCUT2D eigenvalue weighted by Gasteiger charge is -2.41. The highest BCUT2D eigenvalue weighted by Crippen LogP contribution is 2.40. The molecule has 1 aromatic rings. The summed E-state index contributed by atoms with van der Waals surface area (Å²) in [5.41, 5.74) is 1.58. The van der Waals surface area contributed by atoms with Crippen LogP contribution in [0.1, 0.15) is 38.2 Å². The van der Waals surface area contributed by atoms with Crippen LogP contribution in [0.15, 0.2) is 18.2 Å². The van der Waals surface area contributed by atoms with Gasteiger partial charge in [-0.05, 0) is 44.4 Å². The van der Waals surface area contributed by atoms with E-state index < -0.39 is 0 Å². The van der Waals surface area contributed by atoms with E-state index >= 15 is 0 Å². The minimum absolute atomic E-state index is 0.0473. The molecule has 2 amide bonds. The molecule has 1 fully saturated rings. The molecule has 0 aromatic heterocycles. The highest BCUT2D eigenvalue weighted by atomic mass is 35.5. The third kappa shape index (κ3) is 5.21. The second kappa shape index (κ2) is 8.49. The molecule has 1 aliphatic rings. The van der Waals surface area contributed by atoms with E-state index in [1.807, 2.05) is 19.9 Å². The van der Waals surface area contributed by atoms with Crippen LogP contribution in [0.3, 0.4) is 0 Å². The molecule has 0 aliphatic heterocycles. The number of ether oxygens (including phenoxy) is 1. The fourth-order valence-corrected chi connectivity index (χ4v) is 2.96. The Morgan fingerprint density at radius 3 is 2.67 bits per heavy atom. The van der Waals surface area contributed by atoms with Crippen molar-refractivity contribution in [2.24, 2.45) is 5.41 Å². The molecule has 24 heavy (non-hydrogen) atoms. The van der Waals surface area contributed by atoms with Gasteiger partial charge in [-0.1, -0.05) is 24.1 Å². The maximum absolute atomic E-state index is 12.0. The number of halogens is 1. The largest absolute Gasteiger partial charge is 0.381 e. The number of hydrogen-bond acceptors (Lipinski definition) is 3. The van der Waals surface area contributed by atoms with Gasteiger partial charge in [0.05, 0.1) is 6.61 Å². The third-order valence-corrected chi connectivity index (χ3v) is 4.72. The fourth-order valence-electron chi connectivity index (χ4n) is 2.79. The minimum Gasteiger partial charge on any atom is -0.381 e. The molecule has 5 nitrogen and oxygen atoms in total. The molecule has 0 radical (unpaired) electrons. The Hall–Kier alpha value is -1.59. The molecule has 2 N–H and O–H groups in total. The van der Waals surface area contributed by atoms with Crippen LogP contribution in [-0.2, 0) is 14.3 Å². The molecule has 1 aromatic carbocycles. The first-order valence-electron chi connectivity index (χ1n) is 8.34. The van der Waals surface area contributed by atoms with Gasteiger partial charge in [-0.25, -0.2) is 0 Å². The molecule has 132 valence electrons. The first kappa shape index (κ1) is 18.7. The van der Waals surface area contributed by atoms with Crippen LogP contribution in [0.4, 0.5) is 5.69 Å². The van der Waals surface area contributed by atoms with Crippen LogP contribution in [0.5, 0.6) is 0 Å². The topological polar surface area (TPSA) is 67.4 Å². The van der Waals surface area contributed by atoms with E-state index in [1.54, 1.807) is 12.1 Å². The van der Waals surface area contributed by atoms with E-state index in [0.717, 1.165) is 24.8 Å². The van der Waals surface area contributed by atoms with E-state index in [1.165, 1.54) is 0 Å². The fraction of sp³-hybridized carbons (Fsp3) is 0.556. The smallest absolute Gasteiger partial charge is 0.233 e. The molecule has 1 saturated carbocycles. The summed E-state index contributed by atoms with van der Waals surface area (Å²) in [6.07, 6.45) is 3.08. The van der Waals surface area contributed by atoms with E-state index in [2.05, 4.69) is 10.6 Å². The predicted octanol–water partition coefficient (Wildman–Crippen LogP) is 3.30. The molecule has 0 bridgehead atoms. The van der Waals surface area contributed by atoms with Crippen molar-refractivity contribution in [3.05, 3.63) is 28.8 Å². The van der Waals surface area contributed by atoms with Crippen molar-refractivity contribution in [3.63, 3.8) is 0 Å². The molecule has 0 heterocycles. The second-order valence-electron chi connectivity index (χ2n) is 6.45. The van der Waals surface area contributed by atoms with Gasteiger partial charge in [0.1, 0.15) is 6.42 Å². The SMILES string of the molecule is CCOCC1(CNC(=O)CC(=O)Nc2cc(Cl)ccc2C)CCC1. The van der Waals surface area contributed by atoms with Crippen LogP contribution in [-0.4, -0.2) is 31.6 Å². The summed E-state index contributed by atoms with van der Waals surface area (Å²) >= 11 is 5.93. The first-order chi connectivity index (χ1) is 11.4. The van der Waals surface area contributed by atoms with Crippen LogP contribution in [0, 0.1) is 12.3 Å². The Labute approximate surface area is 148 Å². The molecule has 0 atom stereocenters. The van der Waals surface area contributed by atoms with Crippen LogP contribution in [0.25, 0.3) is 0 Å². The number of anilines is 1. The maximum Gasteiger partial charge on any atom is 0.233 e. The highest BCUT2D eigenvalue weighted by molar-refractivity contribution is 6.31. The summed E-state index contributed by atoms with van der Waals surface area (Å²) < 4.78 is 5.51. The van der Waals surface area contributed by atoms with Gasteiger partial charge < -0.3 is 15.4 Å². The average molecular weight is 353 g/mol. The van der Waals surface area contributed by atoms with Gasteiger partial charge in [0.15, 0.2) is 0 Å². The van der Waals surface area contributed by atoms with Crippen molar-refractivity contribution < 1.29 is 14.3 Å². The Morgan fingerprint density at radius 1 is 1.29 bits per heavy atom. The number of amides is 2. The zero-order chi connectivity index (χ0) is 17.6. The summed E-state index contributed by atoms with van der Waals surface area (Å²) in [5, 5.41) is 6.15. The lowest BCUT2D eigenvalue weighted by molar-refractivity contribution is -0.127. The third-order valence-electron chi connectivity index (χ3n) is 4.48. The standard InChI is InChI=1S/C18H25ClN2O3/c1-3-24-12-18(7-4-8-18)11-20-16(22)10-17(23)21-15-9-14(19)6-5-13(15)2/h5-6,9H,3-4,7-8,10-12H2,1-2H3,(H,20,22)(H,21,23). The molecule has 0 spiro atoms. The number of hydrogen-bond donors (Lipinski definition) is 2. The average Bonchev–Trinajstić information content (AvgIpc) is 2.49. The van der Waals surface area contributed by atoms with Crippen molar-refractivity contribution in [3.8, 4) is 0 Å². The lowest BCUT2D eigenvalue weighted by atomic mass is 9.69. The van der Waals surface area contributed by atoms with Crippen molar-refractivity contribution in [1.82, 2.24) is 5.32 Å². The maximum atomic E-state index is 12.0. The molecule has 6 heteroatoms. The van der Waals surface area contributed by atoms with E-state index in [4.69, 9.17) is 16.3 Å². The molecule has 2 rings (SSSR count). The Kier molecular flexibility index (Phi) is 6.63. The predicted molar refractivity (Wildman–Crippen MR) is 95.2 cm³/mol. The van der Waals surface area contributed by atoms with Crippen molar-refractivity contribution in [2.75, 3.05) is 25.1 Å². The summed E-state index contributed by atoms with van der Waals surface area (Å²) in [5.74, 6) is -0.611. The number of aryl methyl sites for hydroxylation is 1.